The van der Waals surface area contributed by atoms with E-state index in [4.69, 9.17) is 16.3 Å². The van der Waals surface area contributed by atoms with E-state index in [0.717, 1.165) is 6.26 Å². The van der Waals surface area contributed by atoms with Crippen molar-refractivity contribution in [3.05, 3.63) is 65.5 Å². The predicted molar refractivity (Wildman–Crippen MR) is 113 cm³/mol. The fourth-order valence-electron chi connectivity index (χ4n) is 3.69. The first kappa shape index (κ1) is 21.2. The monoisotopic (exact) mass is 466 g/mol. The van der Waals surface area contributed by atoms with Crippen LogP contribution in [0.15, 0.2) is 69.4 Å². The zero-order chi connectivity index (χ0) is 21.8. The number of epoxide rings is 1. The van der Waals surface area contributed by atoms with Crippen LogP contribution < -0.4 is 0 Å². The van der Waals surface area contributed by atoms with Crippen LogP contribution in [0.5, 0.6) is 0 Å². The smallest absolute Gasteiger partial charge is 0.181 e. The van der Waals surface area contributed by atoms with Gasteiger partial charge in [-0.2, -0.15) is 0 Å². The van der Waals surface area contributed by atoms with Crippen LogP contribution >= 0.6 is 11.6 Å². The number of nitrogens with zero attached hydrogens (tertiary/aromatic N) is 2. The lowest BCUT2D eigenvalue weighted by atomic mass is 9.89. The Morgan fingerprint density at radius 1 is 1.07 bits per heavy atom. The summed E-state index contributed by atoms with van der Waals surface area (Å²) in [5, 5.41) is 0.228. The molecule has 0 amide bonds. The quantitative estimate of drug-likeness (QED) is 0.478. The number of benzene rings is 1. The molecule has 3 atom stereocenters. The molecule has 0 bridgehead atoms. The number of rotatable bonds is 6. The summed E-state index contributed by atoms with van der Waals surface area (Å²) >= 11 is 6.05. The molecule has 1 fully saturated rings. The van der Waals surface area contributed by atoms with Crippen molar-refractivity contribution in [3.63, 3.8) is 0 Å². The van der Waals surface area contributed by atoms with Gasteiger partial charge in [-0.3, -0.25) is 4.99 Å². The van der Waals surface area contributed by atoms with Crippen LogP contribution in [-0.4, -0.2) is 51.7 Å². The molecule has 2 aliphatic rings. The van der Waals surface area contributed by atoms with E-state index in [-0.39, 0.29) is 20.7 Å². The molecule has 0 spiro atoms. The lowest BCUT2D eigenvalue weighted by Gasteiger charge is -2.20. The van der Waals surface area contributed by atoms with Gasteiger partial charge < -0.3 is 4.74 Å². The van der Waals surface area contributed by atoms with Crippen molar-refractivity contribution in [2.75, 3.05) is 12.0 Å². The summed E-state index contributed by atoms with van der Waals surface area (Å²) in [5.41, 5.74) is -1.53. The fourth-order valence-corrected chi connectivity index (χ4v) is 6.13. The summed E-state index contributed by atoms with van der Waals surface area (Å²) in [6, 6.07) is 10.1. The lowest BCUT2D eigenvalue weighted by molar-refractivity contribution is 0.290. The molecule has 2 aliphatic heterocycles. The van der Waals surface area contributed by atoms with Crippen molar-refractivity contribution in [1.29, 1.82) is 0 Å². The van der Waals surface area contributed by atoms with E-state index in [1.807, 2.05) is 13.0 Å². The zero-order valence-corrected chi connectivity index (χ0v) is 18.6. The van der Waals surface area contributed by atoms with E-state index in [1.54, 1.807) is 30.5 Å². The number of halogens is 1. The number of sulfone groups is 2. The van der Waals surface area contributed by atoms with Gasteiger partial charge in [0.1, 0.15) is 16.8 Å². The minimum absolute atomic E-state index is 0.00108. The Bertz CT molecular complexity index is 1260. The fraction of sp³-hybridized carbons (Fsp3) is 0.300. The Balaban J connectivity index is 1.73. The van der Waals surface area contributed by atoms with Crippen molar-refractivity contribution < 1.29 is 21.6 Å². The Labute approximate surface area is 180 Å². The highest BCUT2D eigenvalue weighted by Gasteiger charge is 2.67. The highest BCUT2D eigenvalue weighted by atomic mass is 35.5. The molecule has 0 aliphatic carbocycles. The third-order valence-electron chi connectivity index (χ3n) is 5.26. The molecule has 10 heteroatoms. The Morgan fingerprint density at radius 3 is 2.30 bits per heavy atom. The van der Waals surface area contributed by atoms with Crippen molar-refractivity contribution in [1.82, 2.24) is 4.98 Å². The summed E-state index contributed by atoms with van der Waals surface area (Å²) < 4.78 is 55.8. The Kier molecular flexibility index (Phi) is 4.93. The van der Waals surface area contributed by atoms with E-state index >= 15 is 0 Å². The maximum absolute atomic E-state index is 13.2. The molecule has 30 heavy (non-hydrogen) atoms. The Hall–Kier alpha value is -2.07. The van der Waals surface area contributed by atoms with Crippen molar-refractivity contribution in [2.24, 2.45) is 4.99 Å². The van der Waals surface area contributed by atoms with Gasteiger partial charge in [-0.1, -0.05) is 23.7 Å². The Morgan fingerprint density at radius 2 is 1.73 bits per heavy atom. The van der Waals surface area contributed by atoms with E-state index in [1.165, 1.54) is 24.3 Å². The van der Waals surface area contributed by atoms with Gasteiger partial charge in [0.15, 0.2) is 25.3 Å². The third kappa shape index (κ3) is 3.71. The number of hydrogen-bond donors (Lipinski definition) is 0. The van der Waals surface area contributed by atoms with Gasteiger partial charge in [-0.05, 0) is 49.4 Å². The van der Waals surface area contributed by atoms with Crippen molar-refractivity contribution in [3.8, 4) is 0 Å². The molecule has 1 aromatic heterocycles. The van der Waals surface area contributed by atoms with E-state index in [0.29, 0.717) is 5.69 Å². The highest BCUT2D eigenvalue weighted by molar-refractivity contribution is 7.91. The molecule has 3 heterocycles. The molecule has 3 unspecified atom stereocenters. The predicted octanol–water partition coefficient (Wildman–Crippen LogP) is 2.61. The second kappa shape index (κ2) is 6.98. The molecule has 2 aromatic rings. The highest BCUT2D eigenvalue weighted by Crippen LogP contribution is 2.54. The standard InChI is InChI=1S/C20H19ClN2O5S2/c1-19(11-4-12-22-19)18-20(28-18,16-5-3-6-17(21)23-16)13-30(26,27)15-9-7-14(8-10-15)29(2,24)25/h3-12,18H,13H2,1-2H3. The second-order valence-electron chi connectivity index (χ2n) is 7.60. The molecule has 0 saturated carbocycles. The van der Waals surface area contributed by atoms with Crippen molar-refractivity contribution >= 4 is 37.5 Å². The summed E-state index contributed by atoms with van der Waals surface area (Å²) in [4.78, 5) is 8.78. The number of pyridine rings is 1. The molecular weight excluding hydrogens is 448 g/mol. The normalized spacial score (nSPS) is 28.0. The molecule has 1 aromatic carbocycles. The average molecular weight is 467 g/mol. The summed E-state index contributed by atoms with van der Waals surface area (Å²) in [5.74, 6) is -0.380. The molecule has 1 saturated heterocycles. The topological polar surface area (TPSA) is 106 Å². The number of allylic oxidation sites excluding steroid dienone is 1. The van der Waals surface area contributed by atoms with Gasteiger partial charge in [0, 0.05) is 12.5 Å². The van der Waals surface area contributed by atoms with Gasteiger partial charge in [-0.15, -0.1) is 0 Å². The van der Waals surface area contributed by atoms with Gasteiger partial charge in [0.2, 0.25) is 0 Å². The van der Waals surface area contributed by atoms with Gasteiger partial charge in [0.25, 0.3) is 0 Å². The zero-order valence-electron chi connectivity index (χ0n) is 16.2. The van der Waals surface area contributed by atoms with Gasteiger partial charge in [-0.25, -0.2) is 21.8 Å². The minimum Gasteiger partial charge on any atom is -0.355 e. The first-order chi connectivity index (χ1) is 14.0. The van der Waals surface area contributed by atoms with E-state index in [2.05, 4.69) is 9.98 Å². The van der Waals surface area contributed by atoms with Crippen LogP contribution in [-0.2, 0) is 30.0 Å². The van der Waals surface area contributed by atoms with E-state index in [9.17, 15) is 16.8 Å². The van der Waals surface area contributed by atoms with Crippen LogP contribution in [0.2, 0.25) is 5.15 Å². The third-order valence-corrected chi connectivity index (χ3v) is 8.40. The van der Waals surface area contributed by atoms with Gasteiger partial charge in [0.05, 0.1) is 21.2 Å². The SMILES string of the molecule is CC1(C2OC2(CS(=O)(=O)c2ccc(S(C)(=O)=O)cc2)c2cccc(Cl)n2)C=CC=N1. The summed E-state index contributed by atoms with van der Waals surface area (Å²) in [7, 11) is -7.28. The summed E-state index contributed by atoms with van der Waals surface area (Å²) in [6.45, 7) is 1.86. The number of aliphatic imine (C=N–C) groups is 1. The lowest BCUT2D eigenvalue weighted by Crippen LogP contribution is -2.35. The second-order valence-corrected chi connectivity index (χ2v) is 12.0. The summed E-state index contributed by atoms with van der Waals surface area (Å²) in [6.07, 6.45) is 5.82. The van der Waals surface area contributed by atoms with Crippen LogP contribution in [0.3, 0.4) is 0 Å². The van der Waals surface area contributed by atoms with E-state index < -0.39 is 36.9 Å². The molecule has 7 nitrogen and oxygen atoms in total. The maximum atomic E-state index is 13.2. The molecule has 0 N–H and O–H groups in total. The number of aromatic nitrogens is 1. The van der Waals surface area contributed by atoms with Crippen molar-refractivity contribution in [2.45, 2.75) is 34.0 Å². The first-order valence-corrected chi connectivity index (χ1v) is 13.0. The largest absolute Gasteiger partial charge is 0.355 e. The molecular formula is C20H19ClN2O5S2. The average Bonchev–Trinajstić information content (AvgIpc) is 3.24. The first-order valence-electron chi connectivity index (χ1n) is 9.03. The number of hydrogen-bond acceptors (Lipinski definition) is 7. The van der Waals surface area contributed by atoms with Crippen LogP contribution in [0, 0.1) is 0 Å². The maximum Gasteiger partial charge on any atom is 0.181 e. The molecule has 0 radical (unpaired) electrons. The van der Waals surface area contributed by atoms with Crippen LogP contribution in [0.1, 0.15) is 12.6 Å². The van der Waals surface area contributed by atoms with Gasteiger partial charge >= 0.3 is 0 Å². The molecule has 158 valence electrons. The minimum atomic E-state index is -3.85. The molecule has 4 rings (SSSR count). The van der Waals surface area contributed by atoms with Crippen LogP contribution in [0.4, 0.5) is 0 Å². The number of ether oxygens (including phenoxy) is 1. The van der Waals surface area contributed by atoms with Crippen LogP contribution in [0.25, 0.3) is 0 Å².